The third kappa shape index (κ3) is 2.73. The largest absolute Gasteiger partial charge is 0.325 e. The van der Waals surface area contributed by atoms with Gasteiger partial charge < -0.3 is 17.2 Å². The van der Waals surface area contributed by atoms with Gasteiger partial charge in [-0.05, 0) is 12.8 Å². The van der Waals surface area contributed by atoms with E-state index in [1.54, 1.807) is 0 Å². The lowest BCUT2D eigenvalue weighted by Gasteiger charge is -2.30. The van der Waals surface area contributed by atoms with Crippen molar-refractivity contribution in [2.75, 3.05) is 0 Å². The highest BCUT2D eigenvalue weighted by Crippen LogP contribution is 2.19. The van der Waals surface area contributed by atoms with Crippen molar-refractivity contribution in [3.05, 3.63) is 0 Å². The van der Waals surface area contributed by atoms with Crippen LogP contribution >= 0.6 is 0 Å². The van der Waals surface area contributed by atoms with E-state index in [2.05, 4.69) is 0 Å². The van der Waals surface area contributed by atoms with Gasteiger partial charge in [-0.15, -0.1) is 0 Å². The molecule has 3 nitrogen and oxygen atoms in total. The smallest absolute Gasteiger partial charge is 0.0792 e. The van der Waals surface area contributed by atoms with Crippen LogP contribution in [0.3, 0.4) is 0 Å². The molecule has 0 bridgehead atoms. The summed E-state index contributed by atoms with van der Waals surface area (Å²) in [4.78, 5) is 0. The minimum absolute atomic E-state index is 0.0180. The van der Waals surface area contributed by atoms with Crippen molar-refractivity contribution in [3.8, 4) is 0 Å². The van der Waals surface area contributed by atoms with Crippen molar-refractivity contribution >= 4 is 0 Å². The molecule has 0 aromatic heterocycles. The van der Waals surface area contributed by atoms with E-state index in [0.29, 0.717) is 0 Å². The second kappa shape index (κ2) is 4.21. The van der Waals surface area contributed by atoms with Gasteiger partial charge in [0.15, 0.2) is 0 Å². The topological polar surface area (TPSA) is 78.1 Å². The van der Waals surface area contributed by atoms with Crippen molar-refractivity contribution in [1.82, 2.24) is 0 Å². The predicted molar refractivity (Wildman–Crippen MR) is 51.4 cm³/mol. The first-order valence-electron chi connectivity index (χ1n) is 4.96. The summed E-state index contributed by atoms with van der Waals surface area (Å²) in [6, 6.07) is -0.0180. The molecule has 0 spiro atoms. The third-order valence-electron chi connectivity index (χ3n) is 2.82. The van der Waals surface area contributed by atoms with E-state index in [0.717, 1.165) is 19.3 Å². The second-order valence-electron chi connectivity index (χ2n) is 4.03. The van der Waals surface area contributed by atoms with Gasteiger partial charge in [0.2, 0.25) is 0 Å². The Kier molecular flexibility index (Phi) is 3.50. The Morgan fingerprint density at radius 1 is 0.917 bits per heavy atom. The van der Waals surface area contributed by atoms with E-state index in [-0.39, 0.29) is 6.04 Å². The second-order valence-corrected chi connectivity index (χ2v) is 4.03. The fraction of sp³-hybridized carbons (Fsp3) is 1.00. The van der Waals surface area contributed by atoms with E-state index in [1.165, 1.54) is 25.7 Å². The van der Waals surface area contributed by atoms with Crippen LogP contribution in [0.5, 0.6) is 0 Å². The Labute approximate surface area is 74.7 Å². The Bertz CT molecular complexity index is 134. The van der Waals surface area contributed by atoms with Crippen molar-refractivity contribution in [2.45, 2.75) is 56.7 Å². The van der Waals surface area contributed by atoms with Crippen LogP contribution in [0.4, 0.5) is 0 Å². The maximum absolute atomic E-state index is 5.91. The van der Waals surface area contributed by atoms with Crippen LogP contribution < -0.4 is 17.2 Å². The average Bonchev–Trinajstić information content (AvgIpc) is 2.06. The Morgan fingerprint density at radius 3 is 2.25 bits per heavy atom. The van der Waals surface area contributed by atoms with Crippen LogP contribution in [0, 0.1) is 0 Å². The molecule has 0 saturated heterocycles. The van der Waals surface area contributed by atoms with Gasteiger partial charge in [0.1, 0.15) is 0 Å². The maximum atomic E-state index is 5.91. The van der Waals surface area contributed by atoms with Crippen LogP contribution in [-0.4, -0.2) is 11.7 Å². The third-order valence-corrected chi connectivity index (χ3v) is 2.82. The molecule has 1 aliphatic carbocycles. The maximum Gasteiger partial charge on any atom is 0.0792 e. The van der Waals surface area contributed by atoms with Crippen LogP contribution in [0.2, 0.25) is 0 Å². The molecule has 0 aromatic carbocycles. The van der Waals surface area contributed by atoms with Crippen LogP contribution in [0.1, 0.15) is 44.9 Å². The van der Waals surface area contributed by atoms with Crippen molar-refractivity contribution in [3.63, 3.8) is 0 Å². The van der Waals surface area contributed by atoms with Crippen LogP contribution in [-0.2, 0) is 0 Å². The summed E-state index contributed by atoms with van der Waals surface area (Å²) in [5, 5.41) is 0. The number of rotatable bonds is 0. The fourth-order valence-corrected chi connectivity index (χ4v) is 1.78. The van der Waals surface area contributed by atoms with Gasteiger partial charge in [-0.2, -0.15) is 0 Å². The molecule has 1 aliphatic rings. The lowest BCUT2D eigenvalue weighted by molar-refractivity contribution is 0.312. The van der Waals surface area contributed by atoms with Gasteiger partial charge in [0, 0.05) is 6.04 Å². The summed E-state index contributed by atoms with van der Waals surface area (Å²) in [6.45, 7) is 0. The zero-order valence-electron chi connectivity index (χ0n) is 7.76. The number of hydrogen-bond acceptors (Lipinski definition) is 3. The SMILES string of the molecule is NC1CCCCCCCC1(N)N. The van der Waals surface area contributed by atoms with Crippen molar-refractivity contribution < 1.29 is 0 Å². The van der Waals surface area contributed by atoms with Crippen LogP contribution in [0.25, 0.3) is 0 Å². The molecular weight excluding hydrogens is 150 g/mol. The zero-order valence-corrected chi connectivity index (χ0v) is 7.76. The average molecular weight is 171 g/mol. The molecule has 1 fully saturated rings. The summed E-state index contributed by atoms with van der Waals surface area (Å²) in [5.74, 6) is 0. The molecule has 0 heterocycles. The molecule has 0 aliphatic heterocycles. The molecule has 0 aromatic rings. The minimum atomic E-state index is -0.621. The first kappa shape index (κ1) is 9.96. The highest BCUT2D eigenvalue weighted by atomic mass is 15.0. The monoisotopic (exact) mass is 171 g/mol. The van der Waals surface area contributed by atoms with E-state index < -0.39 is 5.66 Å². The van der Waals surface area contributed by atoms with Gasteiger partial charge in [0.05, 0.1) is 5.66 Å². The highest BCUT2D eigenvalue weighted by Gasteiger charge is 2.27. The summed E-state index contributed by atoms with van der Waals surface area (Å²) in [6.07, 6.45) is 7.99. The Hall–Kier alpha value is -0.120. The van der Waals surface area contributed by atoms with Gasteiger partial charge >= 0.3 is 0 Å². The molecule has 1 rings (SSSR count). The van der Waals surface area contributed by atoms with Gasteiger partial charge in [-0.25, -0.2) is 0 Å². The quantitative estimate of drug-likeness (QED) is 0.469. The molecule has 72 valence electrons. The molecule has 12 heavy (non-hydrogen) atoms. The molecule has 1 saturated carbocycles. The molecular formula is C9H21N3. The summed E-state index contributed by atoms with van der Waals surface area (Å²) in [5.41, 5.74) is 17.1. The summed E-state index contributed by atoms with van der Waals surface area (Å²) < 4.78 is 0. The van der Waals surface area contributed by atoms with E-state index in [9.17, 15) is 0 Å². The van der Waals surface area contributed by atoms with Gasteiger partial charge in [-0.3, -0.25) is 0 Å². The predicted octanol–water partition coefficient (Wildman–Crippen LogP) is 0.672. The minimum Gasteiger partial charge on any atom is -0.325 e. The Morgan fingerprint density at radius 2 is 1.50 bits per heavy atom. The molecule has 3 heteroatoms. The number of nitrogens with two attached hydrogens (primary N) is 3. The normalized spacial score (nSPS) is 31.8. The van der Waals surface area contributed by atoms with Crippen molar-refractivity contribution in [2.24, 2.45) is 17.2 Å². The lowest BCUT2D eigenvalue weighted by atomic mass is 9.94. The zero-order chi connectivity index (χ0) is 9.03. The lowest BCUT2D eigenvalue weighted by Crippen LogP contribution is -2.62. The Balaban J connectivity index is 2.47. The number of hydrogen-bond donors (Lipinski definition) is 3. The molecule has 1 unspecified atom stereocenters. The standard InChI is InChI=1S/C9H21N3/c10-8-6-4-2-1-3-5-7-9(8,11)12/h8H,1-7,10-12H2. The molecule has 0 amide bonds. The van der Waals surface area contributed by atoms with Gasteiger partial charge in [0.25, 0.3) is 0 Å². The highest BCUT2D eigenvalue weighted by molar-refractivity contribution is 4.88. The van der Waals surface area contributed by atoms with E-state index in [4.69, 9.17) is 17.2 Å². The molecule has 0 radical (unpaired) electrons. The first-order valence-corrected chi connectivity index (χ1v) is 4.96. The molecule has 6 N–H and O–H groups in total. The van der Waals surface area contributed by atoms with E-state index >= 15 is 0 Å². The van der Waals surface area contributed by atoms with E-state index in [1.807, 2.05) is 0 Å². The van der Waals surface area contributed by atoms with Crippen molar-refractivity contribution in [1.29, 1.82) is 0 Å². The fourth-order valence-electron chi connectivity index (χ4n) is 1.78. The first-order chi connectivity index (χ1) is 5.63. The summed E-state index contributed by atoms with van der Waals surface area (Å²) in [7, 11) is 0. The van der Waals surface area contributed by atoms with Gasteiger partial charge in [-0.1, -0.05) is 32.1 Å². The van der Waals surface area contributed by atoms with Crippen LogP contribution in [0.15, 0.2) is 0 Å². The molecule has 1 atom stereocenters. The summed E-state index contributed by atoms with van der Waals surface area (Å²) >= 11 is 0.